The molecule has 0 heterocycles. The second-order valence-electron chi connectivity index (χ2n) is 5.10. The zero-order valence-electron chi connectivity index (χ0n) is 12.9. The van der Waals surface area contributed by atoms with E-state index in [0.29, 0.717) is 5.92 Å². The van der Waals surface area contributed by atoms with Gasteiger partial charge in [-0.2, -0.15) is 0 Å². The minimum absolute atomic E-state index is 0. The highest BCUT2D eigenvalue weighted by Gasteiger charge is 2.17. The van der Waals surface area contributed by atoms with E-state index >= 15 is 0 Å². The first kappa shape index (κ1) is 18.0. The van der Waals surface area contributed by atoms with E-state index in [4.69, 9.17) is 4.74 Å². The lowest BCUT2D eigenvalue weighted by Gasteiger charge is -2.21. The number of methoxy groups -OCH3 is 1. The van der Waals surface area contributed by atoms with Crippen molar-refractivity contribution >= 4 is 24.0 Å². The summed E-state index contributed by atoms with van der Waals surface area (Å²) in [6, 6.07) is 17.1. The minimum Gasteiger partial charge on any atom is -0.496 e. The van der Waals surface area contributed by atoms with Crippen molar-refractivity contribution in [1.29, 1.82) is 0 Å². The fourth-order valence-electron chi connectivity index (χ4n) is 2.60. The van der Waals surface area contributed by atoms with Crippen LogP contribution < -0.4 is 10.1 Å². The number of rotatable bonds is 6. The summed E-state index contributed by atoms with van der Waals surface area (Å²) in [6.07, 6.45) is 1.06. The number of hydrogen-bond donors (Lipinski definition) is 1. The summed E-state index contributed by atoms with van der Waals surface area (Å²) in [5.74, 6) is 1.33. The van der Waals surface area contributed by atoms with Crippen LogP contribution in [0.3, 0.4) is 0 Å². The van der Waals surface area contributed by atoms with E-state index in [1.54, 1.807) is 7.11 Å². The van der Waals surface area contributed by atoms with Gasteiger partial charge in [-0.25, -0.2) is 0 Å². The number of nitrogens with one attached hydrogen (secondary N) is 1. The standard InChI is InChI=1S/C18H23NO.HI/c1-14-9-10-18(20-3)17(13-14)16(11-12-19-2)15-7-5-4-6-8-15;/h4-10,13,16,19H,11-12H2,1-3H3;1H. The highest BCUT2D eigenvalue weighted by molar-refractivity contribution is 14.0. The molecule has 0 saturated carbocycles. The van der Waals surface area contributed by atoms with Crippen LogP contribution in [-0.4, -0.2) is 20.7 Å². The monoisotopic (exact) mass is 397 g/mol. The number of hydrogen-bond acceptors (Lipinski definition) is 2. The van der Waals surface area contributed by atoms with Crippen molar-refractivity contribution in [2.45, 2.75) is 19.3 Å². The van der Waals surface area contributed by atoms with Crippen LogP contribution in [0.25, 0.3) is 0 Å². The molecule has 0 aromatic heterocycles. The van der Waals surface area contributed by atoms with Crippen LogP contribution in [0.2, 0.25) is 0 Å². The highest BCUT2D eigenvalue weighted by Crippen LogP contribution is 2.34. The first-order valence-electron chi connectivity index (χ1n) is 7.10. The number of halogens is 1. The fraction of sp³-hybridized carbons (Fsp3) is 0.333. The molecular weight excluding hydrogens is 373 g/mol. The van der Waals surface area contributed by atoms with Gasteiger partial charge in [0.1, 0.15) is 5.75 Å². The SMILES string of the molecule is CNCCC(c1ccccc1)c1cc(C)ccc1OC.I. The quantitative estimate of drug-likeness (QED) is 0.732. The van der Waals surface area contributed by atoms with Crippen molar-refractivity contribution in [2.75, 3.05) is 20.7 Å². The Labute approximate surface area is 144 Å². The minimum atomic E-state index is 0. The lowest BCUT2D eigenvalue weighted by atomic mass is 9.87. The molecule has 0 aliphatic heterocycles. The molecule has 3 heteroatoms. The predicted octanol–water partition coefficient (Wildman–Crippen LogP) is 4.36. The highest BCUT2D eigenvalue weighted by atomic mass is 127. The molecule has 1 atom stereocenters. The van der Waals surface area contributed by atoms with Gasteiger partial charge in [0, 0.05) is 11.5 Å². The van der Waals surface area contributed by atoms with Gasteiger partial charge < -0.3 is 10.1 Å². The van der Waals surface area contributed by atoms with E-state index in [2.05, 4.69) is 60.8 Å². The van der Waals surface area contributed by atoms with Gasteiger partial charge in [-0.05, 0) is 38.6 Å². The average molecular weight is 397 g/mol. The Kier molecular flexibility index (Phi) is 7.75. The van der Waals surface area contributed by atoms with Gasteiger partial charge >= 0.3 is 0 Å². The maximum atomic E-state index is 5.56. The van der Waals surface area contributed by atoms with E-state index in [9.17, 15) is 0 Å². The molecule has 2 rings (SSSR count). The van der Waals surface area contributed by atoms with E-state index in [-0.39, 0.29) is 24.0 Å². The van der Waals surface area contributed by atoms with E-state index in [1.165, 1.54) is 16.7 Å². The summed E-state index contributed by atoms with van der Waals surface area (Å²) >= 11 is 0. The Bertz CT molecular complexity index is 542. The van der Waals surface area contributed by atoms with Crippen LogP contribution in [-0.2, 0) is 0 Å². The van der Waals surface area contributed by atoms with Crippen LogP contribution in [0.15, 0.2) is 48.5 Å². The number of aryl methyl sites for hydroxylation is 1. The third-order valence-corrected chi connectivity index (χ3v) is 3.65. The van der Waals surface area contributed by atoms with Crippen molar-refractivity contribution in [2.24, 2.45) is 0 Å². The summed E-state index contributed by atoms with van der Waals surface area (Å²) in [6.45, 7) is 3.11. The average Bonchev–Trinajstić information content (AvgIpc) is 2.49. The molecule has 1 unspecified atom stereocenters. The Morgan fingerprint density at radius 3 is 2.43 bits per heavy atom. The van der Waals surface area contributed by atoms with Gasteiger partial charge in [-0.1, -0.05) is 48.0 Å². The second-order valence-corrected chi connectivity index (χ2v) is 5.10. The van der Waals surface area contributed by atoms with Gasteiger partial charge in [0.05, 0.1) is 7.11 Å². The molecule has 2 aromatic rings. The molecule has 0 fully saturated rings. The van der Waals surface area contributed by atoms with Crippen molar-refractivity contribution in [1.82, 2.24) is 5.32 Å². The smallest absolute Gasteiger partial charge is 0.122 e. The van der Waals surface area contributed by atoms with Crippen LogP contribution in [0, 0.1) is 6.92 Å². The van der Waals surface area contributed by atoms with E-state index < -0.39 is 0 Å². The normalized spacial score (nSPS) is 11.6. The topological polar surface area (TPSA) is 21.3 Å². The molecule has 0 saturated heterocycles. The van der Waals surface area contributed by atoms with E-state index in [0.717, 1.165) is 18.7 Å². The largest absolute Gasteiger partial charge is 0.496 e. The Morgan fingerprint density at radius 1 is 1.10 bits per heavy atom. The van der Waals surface area contributed by atoms with Crippen LogP contribution >= 0.6 is 24.0 Å². The zero-order valence-corrected chi connectivity index (χ0v) is 15.3. The Hall–Kier alpha value is -1.07. The molecule has 0 radical (unpaired) electrons. The number of ether oxygens (including phenoxy) is 1. The lowest BCUT2D eigenvalue weighted by molar-refractivity contribution is 0.406. The molecular formula is C18H24INO. The maximum Gasteiger partial charge on any atom is 0.122 e. The van der Waals surface area contributed by atoms with Crippen LogP contribution in [0.5, 0.6) is 5.75 Å². The summed E-state index contributed by atoms with van der Waals surface area (Å²) in [5.41, 5.74) is 3.88. The molecule has 2 aromatic carbocycles. The third kappa shape index (κ3) is 4.71. The van der Waals surface area contributed by atoms with Crippen LogP contribution in [0.4, 0.5) is 0 Å². The molecule has 0 aliphatic carbocycles. The van der Waals surface area contributed by atoms with Crippen molar-refractivity contribution in [3.63, 3.8) is 0 Å². The zero-order chi connectivity index (χ0) is 14.4. The summed E-state index contributed by atoms with van der Waals surface area (Å²) < 4.78 is 5.56. The van der Waals surface area contributed by atoms with Gasteiger partial charge in [-0.15, -0.1) is 24.0 Å². The van der Waals surface area contributed by atoms with Gasteiger partial charge in [0.15, 0.2) is 0 Å². The molecule has 114 valence electrons. The molecule has 21 heavy (non-hydrogen) atoms. The molecule has 0 aliphatic rings. The van der Waals surface area contributed by atoms with E-state index in [1.807, 2.05) is 7.05 Å². The van der Waals surface area contributed by atoms with Crippen molar-refractivity contribution in [3.05, 3.63) is 65.2 Å². The predicted molar refractivity (Wildman–Crippen MR) is 100.0 cm³/mol. The molecule has 2 nitrogen and oxygen atoms in total. The molecule has 0 spiro atoms. The lowest BCUT2D eigenvalue weighted by Crippen LogP contribution is -2.14. The van der Waals surface area contributed by atoms with Gasteiger partial charge in [0.25, 0.3) is 0 Å². The Balaban J connectivity index is 0.00000220. The third-order valence-electron chi connectivity index (χ3n) is 3.65. The van der Waals surface area contributed by atoms with Crippen molar-refractivity contribution in [3.8, 4) is 5.75 Å². The second kappa shape index (κ2) is 9.05. The van der Waals surface area contributed by atoms with Gasteiger partial charge in [-0.3, -0.25) is 0 Å². The molecule has 1 N–H and O–H groups in total. The van der Waals surface area contributed by atoms with Gasteiger partial charge in [0.2, 0.25) is 0 Å². The number of benzene rings is 2. The Morgan fingerprint density at radius 2 is 1.81 bits per heavy atom. The summed E-state index contributed by atoms with van der Waals surface area (Å²) in [5, 5.41) is 3.25. The van der Waals surface area contributed by atoms with Crippen molar-refractivity contribution < 1.29 is 4.74 Å². The summed E-state index contributed by atoms with van der Waals surface area (Å²) in [4.78, 5) is 0. The molecule has 0 bridgehead atoms. The van der Waals surface area contributed by atoms with Crippen LogP contribution in [0.1, 0.15) is 29.0 Å². The summed E-state index contributed by atoms with van der Waals surface area (Å²) in [7, 11) is 3.74. The molecule has 0 amide bonds. The fourth-order valence-corrected chi connectivity index (χ4v) is 2.60. The maximum absolute atomic E-state index is 5.56. The first-order valence-corrected chi connectivity index (χ1v) is 7.10. The first-order chi connectivity index (χ1) is 9.76.